The second kappa shape index (κ2) is 5.46. The molecule has 6 nitrogen and oxygen atoms in total. The standard InChI is InChI=1S/C15H19N3O3/c1-8-5-10(6-9(2)13(8)19)14-17-15(21-18-14)12-4-3-11(7-16)20-12/h5-6,11-12,19H,3-4,7,16H2,1-2H3. The summed E-state index contributed by atoms with van der Waals surface area (Å²) in [5, 5.41) is 13.8. The molecule has 21 heavy (non-hydrogen) atoms. The fraction of sp³-hybridized carbons (Fsp3) is 0.467. The normalized spacial score (nSPS) is 21.9. The Morgan fingerprint density at radius 1 is 1.29 bits per heavy atom. The highest BCUT2D eigenvalue weighted by Gasteiger charge is 2.30. The molecule has 1 fully saturated rings. The molecule has 0 spiro atoms. The van der Waals surface area contributed by atoms with E-state index in [1.54, 1.807) is 0 Å². The van der Waals surface area contributed by atoms with Gasteiger partial charge < -0.3 is 20.1 Å². The van der Waals surface area contributed by atoms with Crippen LogP contribution in [0.15, 0.2) is 16.7 Å². The van der Waals surface area contributed by atoms with Crippen LogP contribution in [0.3, 0.4) is 0 Å². The van der Waals surface area contributed by atoms with E-state index in [0.717, 1.165) is 29.5 Å². The second-order valence-electron chi connectivity index (χ2n) is 5.47. The Labute approximate surface area is 122 Å². The van der Waals surface area contributed by atoms with Gasteiger partial charge >= 0.3 is 0 Å². The minimum absolute atomic E-state index is 0.0727. The molecule has 112 valence electrons. The first-order valence-electron chi connectivity index (χ1n) is 7.08. The summed E-state index contributed by atoms with van der Waals surface area (Å²) in [6.45, 7) is 4.20. The van der Waals surface area contributed by atoms with Gasteiger partial charge in [0.25, 0.3) is 5.89 Å². The second-order valence-corrected chi connectivity index (χ2v) is 5.47. The van der Waals surface area contributed by atoms with Crippen molar-refractivity contribution in [3.8, 4) is 17.1 Å². The Balaban J connectivity index is 1.85. The van der Waals surface area contributed by atoms with Crippen LogP contribution >= 0.6 is 0 Å². The molecule has 0 aliphatic carbocycles. The van der Waals surface area contributed by atoms with Gasteiger partial charge in [-0.15, -0.1) is 0 Å². The zero-order chi connectivity index (χ0) is 15.0. The van der Waals surface area contributed by atoms with E-state index in [1.165, 1.54) is 0 Å². The van der Waals surface area contributed by atoms with Crippen LogP contribution in [0, 0.1) is 13.8 Å². The van der Waals surface area contributed by atoms with Crippen molar-refractivity contribution >= 4 is 0 Å². The van der Waals surface area contributed by atoms with Crippen LogP contribution in [0.4, 0.5) is 0 Å². The van der Waals surface area contributed by atoms with Crippen LogP contribution in [0.2, 0.25) is 0 Å². The molecule has 0 radical (unpaired) electrons. The number of hydrogen-bond acceptors (Lipinski definition) is 6. The Kier molecular flexibility index (Phi) is 3.65. The molecule has 6 heteroatoms. The molecule has 1 aromatic carbocycles. The van der Waals surface area contributed by atoms with Crippen LogP contribution in [0.25, 0.3) is 11.4 Å². The summed E-state index contributed by atoms with van der Waals surface area (Å²) in [4.78, 5) is 4.42. The summed E-state index contributed by atoms with van der Waals surface area (Å²) < 4.78 is 11.1. The van der Waals surface area contributed by atoms with E-state index in [4.69, 9.17) is 15.0 Å². The lowest BCUT2D eigenvalue weighted by atomic mass is 10.1. The number of ether oxygens (including phenoxy) is 1. The maximum atomic E-state index is 9.82. The number of aryl methyl sites for hydroxylation is 2. The average Bonchev–Trinajstić information content (AvgIpc) is 3.12. The quantitative estimate of drug-likeness (QED) is 0.899. The fourth-order valence-corrected chi connectivity index (χ4v) is 2.63. The minimum Gasteiger partial charge on any atom is -0.507 e. The molecule has 1 aliphatic heterocycles. The molecule has 2 unspecified atom stereocenters. The van der Waals surface area contributed by atoms with Gasteiger partial charge in [0.15, 0.2) is 0 Å². The monoisotopic (exact) mass is 289 g/mol. The lowest BCUT2D eigenvalue weighted by molar-refractivity contribution is 0.0307. The van der Waals surface area contributed by atoms with Crippen molar-refractivity contribution in [3.63, 3.8) is 0 Å². The number of phenols is 1. The SMILES string of the molecule is Cc1cc(-c2noc(C3CCC(CN)O3)n2)cc(C)c1O. The first-order chi connectivity index (χ1) is 10.1. The predicted molar refractivity (Wildman–Crippen MR) is 76.8 cm³/mol. The average molecular weight is 289 g/mol. The van der Waals surface area contributed by atoms with E-state index in [9.17, 15) is 5.11 Å². The number of nitrogens with two attached hydrogens (primary N) is 1. The van der Waals surface area contributed by atoms with E-state index < -0.39 is 0 Å². The van der Waals surface area contributed by atoms with Crippen LogP contribution in [0.1, 0.15) is 36.0 Å². The molecule has 2 atom stereocenters. The number of phenolic OH excluding ortho intramolecular Hbond substituents is 1. The zero-order valence-electron chi connectivity index (χ0n) is 12.2. The largest absolute Gasteiger partial charge is 0.507 e. The first-order valence-corrected chi connectivity index (χ1v) is 7.08. The summed E-state index contributed by atoms with van der Waals surface area (Å²) >= 11 is 0. The third kappa shape index (κ3) is 2.64. The van der Waals surface area contributed by atoms with Crippen molar-refractivity contribution < 1.29 is 14.4 Å². The van der Waals surface area contributed by atoms with E-state index >= 15 is 0 Å². The van der Waals surface area contributed by atoms with Gasteiger partial charge in [-0.05, 0) is 49.9 Å². The summed E-state index contributed by atoms with van der Waals surface area (Å²) in [5.74, 6) is 1.30. The van der Waals surface area contributed by atoms with Gasteiger partial charge in [-0.2, -0.15) is 4.98 Å². The molecule has 1 saturated heterocycles. The highest BCUT2D eigenvalue weighted by Crippen LogP contribution is 2.33. The van der Waals surface area contributed by atoms with Crippen LogP contribution in [-0.4, -0.2) is 27.9 Å². The number of aromatic hydroxyl groups is 1. The summed E-state index contributed by atoms with van der Waals surface area (Å²) in [5.41, 5.74) is 8.00. The predicted octanol–water partition coefficient (Wildman–Crippen LogP) is 2.24. The molecular formula is C15H19N3O3. The number of hydrogen-bond donors (Lipinski definition) is 2. The maximum absolute atomic E-state index is 9.82. The minimum atomic E-state index is -0.167. The van der Waals surface area contributed by atoms with E-state index in [0.29, 0.717) is 24.0 Å². The molecule has 0 bridgehead atoms. The van der Waals surface area contributed by atoms with E-state index in [-0.39, 0.29) is 12.2 Å². The maximum Gasteiger partial charge on any atom is 0.256 e. The van der Waals surface area contributed by atoms with Crippen LogP contribution in [0.5, 0.6) is 5.75 Å². The Morgan fingerprint density at radius 2 is 2.00 bits per heavy atom. The highest BCUT2D eigenvalue weighted by atomic mass is 16.5. The molecule has 0 amide bonds. The molecule has 3 rings (SSSR count). The van der Waals surface area contributed by atoms with Crippen molar-refractivity contribution in [2.24, 2.45) is 5.73 Å². The Hall–Kier alpha value is -1.92. The molecule has 3 N–H and O–H groups in total. The number of benzene rings is 1. The molecule has 1 aliphatic rings. The van der Waals surface area contributed by atoms with Crippen LogP contribution in [-0.2, 0) is 4.74 Å². The van der Waals surface area contributed by atoms with Crippen molar-refractivity contribution in [1.29, 1.82) is 0 Å². The fourth-order valence-electron chi connectivity index (χ4n) is 2.63. The third-order valence-corrected chi connectivity index (χ3v) is 3.84. The molecule has 2 heterocycles. The van der Waals surface area contributed by atoms with Gasteiger partial charge in [-0.1, -0.05) is 5.16 Å². The third-order valence-electron chi connectivity index (χ3n) is 3.84. The summed E-state index contributed by atoms with van der Waals surface area (Å²) in [7, 11) is 0. The topological polar surface area (TPSA) is 94.4 Å². The van der Waals surface area contributed by atoms with Gasteiger partial charge in [-0.3, -0.25) is 0 Å². The molecule has 0 saturated carbocycles. The van der Waals surface area contributed by atoms with Gasteiger partial charge in [0.05, 0.1) is 6.10 Å². The lowest BCUT2D eigenvalue weighted by Gasteiger charge is -2.07. The van der Waals surface area contributed by atoms with Crippen molar-refractivity contribution in [3.05, 3.63) is 29.2 Å². The number of nitrogens with zero attached hydrogens (tertiary/aromatic N) is 2. The van der Waals surface area contributed by atoms with Crippen LogP contribution < -0.4 is 5.73 Å². The number of rotatable bonds is 3. The Bertz CT molecular complexity index is 630. The van der Waals surface area contributed by atoms with Crippen molar-refractivity contribution in [1.82, 2.24) is 10.1 Å². The smallest absolute Gasteiger partial charge is 0.256 e. The van der Waals surface area contributed by atoms with Gasteiger partial charge in [-0.25, -0.2) is 0 Å². The summed E-state index contributed by atoms with van der Waals surface area (Å²) in [6, 6.07) is 3.68. The van der Waals surface area contributed by atoms with Gasteiger partial charge in [0, 0.05) is 12.1 Å². The number of aromatic nitrogens is 2. The van der Waals surface area contributed by atoms with E-state index in [1.807, 2.05) is 26.0 Å². The molecular weight excluding hydrogens is 270 g/mol. The molecule has 2 aromatic rings. The lowest BCUT2D eigenvalue weighted by Crippen LogP contribution is -2.18. The van der Waals surface area contributed by atoms with Gasteiger partial charge in [0.1, 0.15) is 11.9 Å². The molecule has 1 aromatic heterocycles. The summed E-state index contributed by atoms with van der Waals surface area (Å²) in [6.07, 6.45) is 1.66. The van der Waals surface area contributed by atoms with Crippen molar-refractivity contribution in [2.45, 2.75) is 38.9 Å². The Morgan fingerprint density at radius 3 is 2.62 bits per heavy atom. The zero-order valence-corrected chi connectivity index (χ0v) is 12.2. The first kappa shape index (κ1) is 14.0. The van der Waals surface area contributed by atoms with E-state index in [2.05, 4.69) is 10.1 Å². The van der Waals surface area contributed by atoms with Crippen molar-refractivity contribution in [2.75, 3.05) is 6.54 Å². The highest BCUT2D eigenvalue weighted by molar-refractivity contribution is 5.60. The van der Waals surface area contributed by atoms with Gasteiger partial charge in [0.2, 0.25) is 5.82 Å².